The van der Waals surface area contributed by atoms with Crippen LogP contribution in [0.3, 0.4) is 0 Å². The van der Waals surface area contributed by atoms with Crippen LogP contribution >= 0.6 is 47.8 Å². The fourth-order valence-corrected chi connectivity index (χ4v) is 3.21. The van der Waals surface area contributed by atoms with Crippen LogP contribution < -0.4 is 4.74 Å². The number of aryl methyl sites for hydroxylation is 2. The molecule has 0 bridgehead atoms. The Hall–Kier alpha value is -0.330. The molecule has 0 saturated heterocycles. The molecule has 1 heterocycles. The normalized spacial score (nSPS) is 10.8. The smallest absolute Gasteiger partial charge is 0.138 e. The van der Waals surface area contributed by atoms with Crippen LogP contribution in [-0.2, 0) is 19.0 Å². The topological polar surface area (TPSA) is 27.1 Å². The van der Waals surface area contributed by atoms with E-state index in [2.05, 4.69) is 52.9 Å². The highest BCUT2D eigenvalue weighted by Gasteiger charge is 2.13. The molecular formula is C13H13Br3N2O. The van der Waals surface area contributed by atoms with E-state index in [1.807, 2.05) is 36.9 Å². The van der Waals surface area contributed by atoms with Crippen LogP contribution in [0.4, 0.5) is 0 Å². The first-order valence-electron chi connectivity index (χ1n) is 5.68. The summed E-state index contributed by atoms with van der Waals surface area (Å²) in [5.74, 6) is 0.866. The van der Waals surface area contributed by atoms with Gasteiger partial charge in [0, 0.05) is 17.9 Å². The predicted octanol–water partition coefficient (Wildman–Crippen LogP) is 4.73. The third-order valence-electron chi connectivity index (χ3n) is 2.81. The molecule has 0 atom stereocenters. The van der Waals surface area contributed by atoms with Crippen molar-refractivity contribution >= 4 is 47.8 Å². The number of aromatic nitrogens is 2. The number of benzene rings is 1. The Kier molecular flexibility index (Phi) is 5.09. The van der Waals surface area contributed by atoms with E-state index in [-0.39, 0.29) is 0 Å². The van der Waals surface area contributed by atoms with Crippen LogP contribution in [0.1, 0.15) is 17.0 Å². The Balaban J connectivity index is 2.24. The maximum absolute atomic E-state index is 5.95. The molecule has 0 fully saturated rings. The van der Waals surface area contributed by atoms with Crippen molar-refractivity contribution in [2.75, 3.05) is 0 Å². The highest BCUT2D eigenvalue weighted by molar-refractivity contribution is 9.11. The molecule has 0 radical (unpaired) electrons. The fraction of sp³-hybridized carbons (Fsp3) is 0.308. The van der Waals surface area contributed by atoms with E-state index in [1.165, 1.54) is 0 Å². The molecule has 102 valence electrons. The zero-order chi connectivity index (χ0) is 14.0. The SMILES string of the molecule is Cc1nn(C)c(COc2c(Br)cccc2CBr)c1Br. The van der Waals surface area contributed by atoms with Crippen molar-refractivity contribution in [3.63, 3.8) is 0 Å². The second-order valence-corrected chi connectivity index (χ2v) is 6.33. The van der Waals surface area contributed by atoms with Gasteiger partial charge in [0.25, 0.3) is 0 Å². The Morgan fingerprint density at radius 2 is 2.05 bits per heavy atom. The summed E-state index contributed by atoms with van der Waals surface area (Å²) in [5, 5.41) is 5.11. The average molecular weight is 453 g/mol. The molecule has 0 aliphatic carbocycles. The van der Waals surface area contributed by atoms with Crippen molar-refractivity contribution < 1.29 is 4.74 Å². The fourth-order valence-electron chi connectivity index (χ4n) is 1.80. The van der Waals surface area contributed by atoms with Crippen LogP contribution in [0, 0.1) is 6.92 Å². The van der Waals surface area contributed by atoms with Gasteiger partial charge in [-0.3, -0.25) is 4.68 Å². The van der Waals surface area contributed by atoms with Gasteiger partial charge in [-0.05, 0) is 44.8 Å². The van der Waals surface area contributed by atoms with Crippen molar-refractivity contribution in [1.82, 2.24) is 9.78 Å². The molecule has 0 aliphatic heterocycles. The molecule has 1 aromatic carbocycles. The van der Waals surface area contributed by atoms with Crippen molar-refractivity contribution in [3.05, 3.63) is 44.1 Å². The number of nitrogens with zero attached hydrogens (tertiary/aromatic N) is 2. The molecular weight excluding hydrogens is 440 g/mol. The summed E-state index contributed by atoms with van der Waals surface area (Å²) < 4.78 is 9.75. The lowest BCUT2D eigenvalue weighted by atomic mass is 10.2. The van der Waals surface area contributed by atoms with Gasteiger partial charge in [-0.1, -0.05) is 28.1 Å². The highest BCUT2D eigenvalue weighted by atomic mass is 79.9. The summed E-state index contributed by atoms with van der Waals surface area (Å²) in [6.07, 6.45) is 0. The molecule has 0 amide bonds. The number of para-hydroxylation sites is 1. The lowest BCUT2D eigenvalue weighted by Crippen LogP contribution is -2.05. The monoisotopic (exact) mass is 450 g/mol. The minimum atomic E-state index is 0.473. The maximum atomic E-state index is 5.95. The van der Waals surface area contributed by atoms with Gasteiger partial charge in [-0.2, -0.15) is 5.10 Å². The highest BCUT2D eigenvalue weighted by Crippen LogP contribution is 2.32. The van der Waals surface area contributed by atoms with E-state index >= 15 is 0 Å². The van der Waals surface area contributed by atoms with Crippen LogP contribution in [0.5, 0.6) is 5.75 Å². The van der Waals surface area contributed by atoms with Crippen molar-refractivity contribution in [2.24, 2.45) is 7.05 Å². The van der Waals surface area contributed by atoms with E-state index in [0.29, 0.717) is 6.61 Å². The molecule has 0 spiro atoms. The van der Waals surface area contributed by atoms with Gasteiger partial charge in [-0.25, -0.2) is 0 Å². The minimum Gasteiger partial charge on any atom is -0.486 e. The second kappa shape index (κ2) is 6.41. The first kappa shape index (κ1) is 15.1. The predicted molar refractivity (Wildman–Crippen MR) is 86.8 cm³/mol. The minimum absolute atomic E-state index is 0.473. The summed E-state index contributed by atoms with van der Waals surface area (Å²) in [4.78, 5) is 0. The molecule has 6 heteroatoms. The largest absolute Gasteiger partial charge is 0.486 e. The zero-order valence-corrected chi connectivity index (χ0v) is 15.3. The average Bonchev–Trinajstić information content (AvgIpc) is 2.62. The number of hydrogen-bond donors (Lipinski definition) is 0. The van der Waals surface area contributed by atoms with Crippen LogP contribution in [0.15, 0.2) is 27.1 Å². The molecule has 19 heavy (non-hydrogen) atoms. The van der Waals surface area contributed by atoms with E-state index in [9.17, 15) is 0 Å². The van der Waals surface area contributed by atoms with Gasteiger partial charge >= 0.3 is 0 Å². The van der Waals surface area contributed by atoms with E-state index in [4.69, 9.17) is 4.74 Å². The lowest BCUT2D eigenvalue weighted by Gasteiger charge is -2.12. The van der Waals surface area contributed by atoms with Gasteiger partial charge in [0.1, 0.15) is 12.4 Å². The number of halogens is 3. The summed E-state index contributed by atoms with van der Waals surface area (Å²) in [6.45, 7) is 2.44. The quantitative estimate of drug-likeness (QED) is 0.627. The van der Waals surface area contributed by atoms with Gasteiger partial charge < -0.3 is 4.74 Å². The number of alkyl halides is 1. The molecule has 0 N–H and O–H groups in total. The molecule has 0 saturated carbocycles. The van der Waals surface area contributed by atoms with Crippen LogP contribution in [0.25, 0.3) is 0 Å². The summed E-state index contributed by atoms with van der Waals surface area (Å²) >= 11 is 10.5. The van der Waals surface area contributed by atoms with E-state index < -0.39 is 0 Å². The van der Waals surface area contributed by atoms with Crippen LogP contribution in [-0.4, -0.2) is 9.78 Å². The third-order valence-corrected chi connectivity index (χ3v) is 5.07. The molecule has 3 nitrogen and oxygen atoms in total. The Morgan fingerprint density at radius 3 is 2.63 bits per heavy atom. The Morgan fingerprint density at radius 1 is 1.32 bits per heavy atom. The van der Waals surface area contributed by atoms with Gasteiger partial charge in [0.05, 0.1) is 20.3 Å². The maximum Gasteiger partial charge on any atom is 0.138 e. The van der Waals surface area contributed by atoms with Crippen LogP contribution in [0.2, 0.25) is 0 Å². The van der Waals surface area contributed by atoms with Crippen molar-refractivity contribution in [1.29, 1.82) is 0 Å². The number of hydrogen-bond acceptors (Lipinski definition) is 2. The van der Waals surface area contributed by atoms with Gasteiger partial charge in [-0.15, -0.1) is 0 Å². The Bertz CT molecular complexity index is 596. The van der Waals surface area contributed by atoms with E-state index in [1.54, 1.807) is 0 Å². The van der Waals surface area contributed by atoms with Gasteiger partial charge in [0.2, 0.25) is 0 Å². The lowest BCUT2D eigenvalue weighted by molar-refractivity contribution is 0.290. The first-order valence-corrected chi connectivity index (χ1v) is 8.39. The molecule has 0 unspecified atom stereocenters. The summed E-state index contributed by atoms with van der Waals surface area (Å²) in [5.41, 5.74) is 3.10. The number of ether oxygens (including phenoxy) is 1. The molecule has 2 rings (SSSR count). The molecule has 0 aliphatic rings. The second-order valence-electron chi connectivity index (χ2n) is 4.12. The van der Waals surface area contributed by atoms with Crippen molar-refractivity contribution in [2.45, 2.75) is 18.9 Å². The van der Waals surface area contributed by atoms with Gasteiger partial charge in [0.15, 0.2) is 0 Å². The molecule has 1 aromatic heterocycles. The zero-order valence-electron chi connectivity index (χ0n) is 10.6. The standard InChI is InChI=1S/C13H13Br3N2O/c1-8-12(16)11(18(2)17-8)7-19-13-9(6-14)4-3-5-10(13)15/h3-5H,6-7H2,1-2H3. The summed E-state index contributed by atoms with van der Waals surface area (Å²) in [7, 11) is 1.92. The van der Waals surface area contributed by atoms with Crippen molar-refractivity contribution in [3.8, 4) is 5.75 Å². The molecule has 2 aromatic rings. The van der Waals surface area contributed by atoms with E-state index in [0.717, 1.165) is 37.0 Å². The Labute approximate surface area is 137 Å². The summed E-state index contributed by atoms with van der Waals surface area (Å²) in [6, 6.07) is 6.01. The first-order chi connectivity index (χ1) is 9.04. The number of rotatable bonds is 4. The third kappa shape index (κ3) is 3.23.